The molecule has 0 fully saturated rings. The summed E-state index contributed by atoms with van der Waals surface area (Å²) in [6.07, 6.45) is 21.2. The van der Waals surface area contributed by atoms with Crippen molar-refractivity contribution in [2.45, 2.75) is 129 Å². The van der Waals surface area contributed by atoms with Crippen molar-refractivity contribution in [3.05, 3.63) is 12.2 Å². The Morgan fingerprint density at radius 3 is 1.92 bits per heavy atom. The lowest BCUT2D eigenvalue weighted by molar-refractivity contribution is -0.870. The molecule has 0 bridgehead atoms. The summed E-state index contributed by atoms with van der Waals surface area (Å²) in [5.41, 5.74) is 0. The highest BCUT2D eigenvalue weighted by Crippen LogP contribution is 2.38. The van der Waals surface area contributed by atoms with Crippen molar-refractivity contribution in [3.63, 3.8) is 0 Å². The summed E-state index contributed by atoms with van der Waals surface area (Å²) in [4.78, 5) is 24.2. The minimum Gasteiger partial charge on any atom is -0.756 e. The van der Waals surface area contributed by atoms with E-state index in [0.29, 0.717) is 23.9 Å². The first-order chi connectivity index (χ1) is 18.0. The number of likely N-dealkylation sites (N-methyl/N-ethyl adjacent to an activating group) is 1. The van der Waals surface area contributed by atoms with E-state index in [4.69, 9.17) is 9.05 Å². The Morgan fingerprint density at radius 2 is 1.42 bits per heavy atom. The average molecular weight is 563 g/mol. The number of aliphatic hydroxyl groups excluding tert-OH is 1. The molecular weight excluding hydrogens is 503 g/mol. The third-order valence-corrected chi connectivity index (χ3v) is 7.43. The number of quaternary nitrogens is 1. The van der Waals surface area contributed by atoms with E-state index < -0.39 is 20.0 Å². The molecule has 0 aliphatic rings. The fourth-order valence-electron chi connectivity index (χ4n) is 4.02. The van der Waals surface area contributed by atoms with Gasteiger partial charge in [-0.05, 0) is 19.3 Å². The molecule has 0 aliphatic heterocycles. The van der Waals surface area contributed by atoms with Crippen molar-refractivity contribution in [2.75, 3.05) is 40.9 Å². The largest absolute Gasteiger partial charge is 0.756 e. The van der Waals surface area contributed by atoms with Gasteiger partial charge in [0.25, 0.3) is 7.82 Å². The van der Waals surface area contributed by atoms with Gasteiger partial charge in [-0.3, -0.25) is 9.36 Å². The van der Waals surface area contributed by atoms with Crippen LogP contribution in [0.4, 0.5) is 0 Å². The summed E-state index contributed by atoms with van der Waals surface area (Å²) in [6, 6.07) is -0.874. The number of nitrogens with zero attached hydrogens (tertiary/aromatic N) is 1. The number of hydrogen-bond donors (Lipinski definition) is 2. The first-order valence-corrected chi connectivity index (χ1v) is 16.5. The summed E-state index contributed by atoms with van der Waals surface area (Å²) < 4.78 is 22.6. The molecule has 0 radical (unpaired) electrons. The number of aliphatic hydroxyl groups is 1. The molecule has 0 aliphatic carbocycles. The van der Waals surface area contributed by atoms with E-state index in [2.05, 4.69) is 12.2 Å². The van der Waals surface area contributed by atoms with Gasteiger partial charge in [-0.15, -0.1) is 0 Å². The van der Waals surface area contributed by atoms with Gasteiger partial charge >= 0.3 is 0 Å². The van der Waals surface area contributed by atoms with Crippen molar-refractivity contribution in [1.29, 1.82) is 0 Å². The standard InChI is InChI=1S/C29H59N2O6P/c1-6-8-9-10-11-12-13-14-15-16-17-18-19-20-21-23-28(32)27(30-29(33)22-7-2)26-37-38(34,35)36-25-24-31(3,4)5/h21,23,27-28,32H,6-20,22,24-26H2,1-5H3,(H-,30,33,34,35)/b23-21+. The maximum absolute atomic E-state index is 12.1. The molecular formula is C29H59N2O6P. The molecule has 2 N–H and O–H groups in total. The quantitative estimate of drug-likeness (QED) is 0.0590. The number of rotatable bonds is 26. The Balaban J connectivity index is 4.26. The Bertz CT molecular complexity index is 653. The molecule has 1 amide bonds. The van der Waals surface area contributed by atoms with Gasteiger partial charge in [0.05, 0.1) is 39.9 Å². The Labute approximate surface area is 233 Å². The zero-order valence-electron chi connectivity index (χ0n) is 25.1. The first kappa shape index (κ1) is 37.2. The van der Waals surface area contributed by atoms with Gasteiger partial charge in [0.2, 0.25) is 5.91 Å². The van der Waals surface area contributed by atoms with Crippen LogP contribution in [-0.2, 0) is 18.4 Å². The molecule has 0 aromatic carbocycles. The van der Waals surface area contributed by atoms with E-state index in [0.717, 1.165) is 19.3 Å². The number of hydrogen-bond acceptors (Lipinski definition) is 6. The van der Waals surface area contributed by atoms with Gasteiger partial charge in [-0.1, -0.05) is 103 Å². The van der Waals surface area contributed by atoms with Crippen molar-refractivity contribution < 1.29 is 32.9 Å². The topological polar surface area (TPSA) is 108 Å². The number of amides is 1. The number of unbranched alkanes of at least 4 members (excludes halogenated alkanes) is 13. The Morgan fingerprint density at radius 1 is 0.895 bits per heavy atom. The van der Waals surface area contributed by atoms with Crippen LogP contribution >= 0.6 is 7.82 Å². The summed E-state index contributed by atoms with van der Waals surface area (Å²) in [5.74, 6) is -0.253. The molecule has 0 saturated heterocycles. The van der Waals surface area contributed by atoms with Crippen LogP contribution in [0.25, 0.3) is 0 Å². The molecule has 0 aromatic heterocycles. The Hall–Kier alpha value is -0.760. The predicted molar refractivity (Wildman–Crippen MR) is 155 cm³/mol. The van der Waals surface area contributed by atoms with Crippen LogP contribution in [-0.4, -0.2) is 68.5 Å². The molecule has 0 aromatic rings. The van der Waals surface area contributed by atoms with Gasteiger partial charge in [0.1, 0.15) is 13.2 Å². The maximum atomic E-state index is 12.1. The molecule has 0 saturated carbocycles. The third-order valence-electron chi connectivity index (χ3n) is 6.47. The lowest BCUT2D eigenvalue weighted by Gasteiger charge is -2.29. The molecule has 0 heterocycles. The fraction of sp³-hybridized carbons (Fsp3) is 0.897. The van der Waals surface area contributed by atoms with Gasteiger partial charge in [-0.25, -0.2) is 0 Å². The molecule has 8 nitrogen and oxygen atoms in total. The van der Waals surface area contributed by atoms with Crippen LogP contribution in [0.5, 0.6) is 0 Å². The van der Waals surface area contributed by atoms with E-state index in [9.17, 15) is 19.4 Å². The minimum atomic E-state index is -4.54. The highest BCUT2D eigenvalue weighted by molar-refractivity contribution is 7.45. The molecule has 3 unspecified atom stereocenters. The van der Waals surface area contributed by atoms with Gasteiger partial charge in [0.15, 0.2) is 0 Å². The number of carbonyl (C=O) groups is 1. The predicted octanol–water partition coefficient (Wildman–Crippen LogP) is 5.88. The molecule has 226 valence electrons. The minimum absolute atomic E-state index is 0.00127. The zero-order chi connectivity index (χ0) is 28.7. The summed E-state index contributed by atoms with van der Waals surface area (Å²) in [5, 5.41) is 13.3. The number of phosphoric ester groups is 1. The molecule has 38 heavy (non-hydrogen) atoms. The number of nitrogens with one attached hydrogen (secondary N) is 1. The highest BCUT2D eigenvalue weighted by atomic mass is 31.2. The zero-order valence-corrected chi connectivity index (χ0v) is 26.0. The van der Waals surface area contributed by atoms with E-state index in [1.807, 2.05) is 34.1 Å². The number of carbonyl (C=O) groups excluding carboxylic acids is 1. The average Bonchev–Trinajstić information content (AvgIpc) is 2.83. The van der Waals surface area contributed by atoms with Crippen LogP contribution in [0, 0.1) is 0 Å². The summed E-state index contributed by atoms with van der Waals surface area (Å²) in [7, 11) is 1.25. The fourth-order valence-corrected chi connectivity index (χ4v) is 4.74. The van der Waals surface area contributed by atoms with E-state index >= 15 is 0 Å². The summed E-state index contributed by atoms with van der Waals surface area (Å²) in [6.45, 7) is 4.25. The smallest absolute Gasteiger partial charge is 0.268 e. The van der Waals surface area contributed by atoms with Crippen LogP contribution < -0.4 is 10.2 Å². The second kappa shape index (κ2) is 23.0. The number of phosphoric acid groups is 1. The van der Waals surface area contributed by atoms with Crippen molar-refractivity contribution in [3.8, 4) is 0 Å². The molecule has 9 heteroatoms. The second-order valence-corrected chi connectivity index (χ2v) is 12.9. The van der Waals surface area contributed by atoms with Crippen LogP contribution in [0.15, 0.2) is 12.2 Å². The van der Waals surface area contributed by atoms with Gasteiger partial charge in [-0.2, -0.15) is 0 Å². The van der Waals surface area contributed by atoms with Crippen LogP contribution in [0.2, 0.25) is 0 Å². The van der Waals surface area contributed by atoms with E-state index in [-0.39, 0.29) is 19.1 Å². The monoisotopic (exact) mass is 562 g/mol. The maximum Gasteiger partial charge on any atom is 0.268 e. The SMILES string of the molecule is CCCCCCCCCCCCCCC/C=C/C(O)C(COP(=O)([O-])OCC[N+](C)(C)C)NC(=O)CCC. The van der Waals surface area contributed by atoms with E-state index in [1.54, 1.807) is 6.08 Å². The lowest BCUT2D eigenvalue weighted by Crippen LogP contribution is -2.45. The summed E-state index contributed by atoms with van der Waals surface area (Å²) >= 11 is 0. The van der Waals surface area contributed by atoms with E-state index in [1.165, 1.54) is 70.6 Å². The highest BCUT2D eigenvalue weighted by Gasteiger charge is 2.22. The normalized spacial score (nSPS) is 15.4. The van der Waals surface area contributed by atoms with Gasteiger partial charge < -0.3 is 28.8 Å². The molecule has 0 rings (SSSR count). The van der Waals surface area contributed by atoms with Gasteiger partial charge in [0, 0.05) is 6.42 Å². The van der Waals surface area contributed by atoms with Crippen LogP contribution in [0.3, 0.4) is 0 Å². The second-order valence-electron chi connectivity index (χ2n) is 11.5. The van der Waals surface area contributed by atoms with Crippen molar-refractivity contribution >= 4 is 13.7 Å². The molecule has 3 atom stereocenters. The molecule has 0 spiro atoms. The third kappa shape index (κ3) is 24.3. The Kier molecular flexibility index (Phi) is 22.5. The van der Waals surface area contributed by atoms with Crippen LogP contribution in [0.1, 0.15) is 117 Å². The lowest BCUT2D eigenvalue weighted by atomic mass is 10.0. The number of allylic oxidation sites excluding steroid dienone is 1. The van der Waals surface area contributed by atoms with Crippen molar-refractivity contribution in [1.82, 2.24) is 5.32 Å². The van der Waals surface area contributed by atoms with Crippen molar-refractivity contribution in [2.24, 2.45) is 0 Å². The first-order valence-electron chi connectivity index (χ1n) is 15.1.